The van der Waals surface area contributed by atoms with Crippen molar-refractivity contribution >= 4 is 22.9 Å². The zero-order valence-electron chi connectivity index (χ0n) is 27.3. The summed E-state index contributed by atoms with van der Waals surface area (Å²) >= 11 is 0. The molecule has 12 nitrogen and oxygen atoms in total. The first-order chi connectivity index (χ1) is 23.5. The van der Waals surface area contributed by atoms with Gasteiger partial charge in [-0.15, -0.1) is 0 Å². The first kappa shape index (κ1) is 31.5. The van der Waals surface area contributed by atoms with Gasteiger partial charge in [-0.25, -0.2) is 9.97 Å². The van der Waals surface area contributed by atoms with E-state index in [1.54, 1.807) is 11.0 Å². The Bertz CT molecular complexity index is 1900. The Hall–Kier alpha value is -5.07. The fourth-order valence-corrected chi connectivity index (χ4v) is 6.64. The van der Waals surface area contributed by atoms with Gasteiger partial charge >= 0.3 is 0 Å². The van der Waals surface area contributed by atoms with E-state index in [1.807, 2.05) is 41.6 Å². The summed E-state index contributed by atoms with van der Waals surface area (Å²) in [6.07, 6.45) is 9.35. The number of nitrogens with one attached hydrogen (secondary N) is 2. The molecule has 4 aromatic heterocycles. The lowest BCUT2D eigenvalue weighted by molar-refractivity contribution is 0.00721. The van der Waals surface area contributed by atoms with Gasteiger partial charge in [0.1, 0.15) is 12.2 Å². The van der Waals surface area contributed by atoms with Gasteiger partial charge in [-0.1, -0.05) is 67.6 Å². The number of rotatable bonds is 13. The van der Waals surface area contributed by atoms with Crippen molar-refractivity contribution in [2.75, 3.05) is 23.7 Å². The second-order valence-electron chi connectivity index (χ2n) is 12.4. The van der Waals surface area contributed by atoms with Crippen LogP contribution in [0.15, 0.2) is 91.9 Å². The summed E-state index contributed by atoms with van der Waals surface area (Å²) in [6.45, 7) is 6.19. The molecule has 1 aliphatic rings. The van der Waals surface area contributed by atoms with E-state index >= 15 is 0 Å². The van der Waals surface area contributed by atoms with Gasteiger partial charge in [0.2, 0.25) is 5.95 Å². The van der Waals surface area contributed by atoms with Crippen molar-refractivity contribution in [1.29, 1.82) is 0 Å². The van der Waals surface area contributed by atoms with Crippen LogP contribution in [0.1, 0.15) is 60.7 Å². The zero-order chi connectivity index (χ0) is 33.0. The maximum Gasteiger partial charge on any atom is 0.226 e. The molecule has 2 aromatic carbocycles. The van der Waals surface area contributed by atoms with E-state index in [1.165, 1.54) is 11.1 Å². The fourth-order valence-electron chi connectivity index (χ4n) is 6.64. The second-order valence-corrected chi connectivity index (χ2v) is 12.4. The lowest BCUT2D eigenvalue weighted by atomic mass is 9.91. The third-order valence-electron chi connectivity index (χ3n) is 9.40. The molecular weight excluding hydrogens is 604 g/mol. The number of hydrogen-bond acceptors (Lipinski definition) is 9. The molecule has 4 atom stereocenters. The van der Waals surface area contributed by atoms with Crippen LogP contribution in [0.25, 0.3) is 11.2 Å². The van der Waals surface area contributed by atoms with Gasteiger partial charge < -0.3 is 30.0 Å². The van der Waals surface area contributed by atoms with Crippen molar-refractivity contribution in [3.8, 4) is 0 Å². The topological polar surface area (TPSA) is 144 Å². The molecule has 48 heavy (non-hydrogen) atoms. The van der Waals surface area contributed by atoms with Crippen molar-refractivity contribution in [1.82, 2.24) is 38.9 Å². The van der Waals surface area contributed by atoms with Gasteiger partial charge in [0.05, 0.1) is 36.6 Å². The highest BCUT2D eigenvalue weighted by Crippen LogP contribution is 2.40. The molecule has 0 bridgehead atoms. The molecule has 0 radical (unpaired) electrons. The van der Waals surface area contributed by atoms with Crippen molar-refractivity contribution < 1.29 is 10.2 Å². The number of imidazole rings is 2. The van der Waals surface area contributed by atoms with Crippen molar-refractivity contribution in [2.24, 2.45) is 0 Å². The summed E-state index contributed by atoms with van der Waals surface area (Å²) in [5.74, 6) is 1.11. The van der Waals surface area contributed by atoms with E-state index in [2.05, 4.69) is 87.7 Å². The smallest absolute Gasteiger partial charge is 0.226 e. The lowest BCUT2D eigenvalue weighted by Gasteiger charge is -2.20. The molecule has 12 heteroatoms. The first-order valence-electron chi connectivity index (χ1n) is 16.7. The van der Waals surface area contributed by atoms with Crippen molar-refractivity contribution in [3.05, 3.63) is 114 Å². The van der Waals surface area contributed by atoms with E-state index in [0.717, 1.165) is 24.2 Å². The third-order valence-corrected chi connectivity index (χ3v) is 9.40. The Morgan fingerprint density at radius 3 is 2.25 bits per heavy atom. The van der Waals surface area contributed by atoms with E-state index in [9.17, 15) is 10.2 Å². The minimum atomic E-state index is -1.03. The van der Waals surface area contributed by atoms with Crippen LogP contribution in [0.4, 0.5) is 11.8 Å². The van der Waals surface area contributed by atoms with E-state index in [-0.39, 0.29) is 12.0 Å². The predicted molar refractivity (Wildman–Crippen MR) is 185 cm³/mol. The number of hydrogen-bond donors (Lipinski definition) is 4. The molecule has 0 aliphatic heterocycles. The molecule has 1 fully saturated rings. The Morgan fingerprint density at radius 1 is 0.854 bits per heavy atom. The maximum atomic E-state index is 11.3. The molecule has 248 valence electrons. The molecule has 4 N–H and O–H groups in total. The molecule has 0 saturated heterocycles. The number of benzene rings is 2. The molecule has 1 aliphatic carbocycles. The Morgan fingerprint density at radius 2 is 1.58 bits per heavy atom. The monoisotopic (exact) mass is 646 g/mol. The van der Waals surface area contributed by atoms with Crippen LogP contribution >= 0.6 is 0 Å². The van der Waals surface area contributed by atoms with Crippen LogP contribution in [0.3, 0.4) is 0 Å². The van der Waals surface area contributed by atoms with Gasteiger partial charge in [0.15, 0.2) is 17.0 Å². The zero-order valence-corrected chi connectivity index (χ0v) is 27.3. The number of fused-ring (bicyclic) bond motifs is 1. The van der Waals surface area contributed by atoms with Crippen LogP contribution in [0.5, 0.6) is 0 Å². The maximum absolute atomic E-state index is 11.3. The summed E-state index contributed by atoms with van der Waals surface area (Å²) in [5, 5.41) is 33.9. The van der Waals surface area contributed by atoms with Crippen LogP contribution in [-0.2, 0) is 19.4 Å². The summed E-state index contributed by atoms with van der Waals surface area (Å²) in [4.78, 5) is 19.1. The Kier molecular flexibility index (Phi) is 9.17. The van der Waals surface area contributed by atoms with E-state index < -0.39 is 18.2 Å². The summed E-state index contributed by atoms with van der Waals surface area (Å²) in [6, 6.07) is 20.0. The fraction of sp³-hybridized carbons (Fsp3) is 0.361. The first-order valence-corrected chi connectivity index (χ1v) is 16.7. The van der Waals surface area contributed by atoms with Crippen molar-refractivity contribution in [2.45, 2.75) is 69.9 Å². The minimum Gasteiger partial charge on any atom is -0.388 e. The Balaban J connectivity index is 1.20. The van der Waals surface area contributed by atoms with Gasteiger partial charge in [0, 0.05) is 44.4 Å². The van der Waals surface area contributed by atoms with Gasteiger partial charge in [-0.2, -0.15) is 15.1 Å². The molecular formula is C36H42N10O2. The van der Waals surface area contributed by atoms with Crippen LogP contribution in [0, 0.1) is 0 Å². The second kappa shape index (κ2) is 14.0. The number of aliphatic hydroxyl groups is 2. The predicted octanol–water partition coefficient (Wildman–Crippen LogP) is 4.61. The lowest BCUT2D eigenvalue weighted by Crippen LogP contribution is -2.30. The molecule has 1 saturated carbocycles. The normalized spacial score (nSPS) is 19.4. The van der Waals surface area contributed by atoms with Gasteiger partial charge in [-0.3, -0.25) is 4.68 Å². The number of aromatic nitrogens is 8. The standard InChI is InChI=1S/C36H42N10O2/c1-3-24-18-41-46(20-24)30-17-29(32(47)33(30)48)45-23-40-31-34(38-19-28(25-11-7-5-8-12-25)26-13-9-6-10-14-26)42-36(43-35(31)45)37-16-15-27-21-44(4-2)22-39-27/h5-14,18,20-23,28-30,32-33,47-48H,3-4,15-17,19H2,1-2H3,(H2,37,38,42,43)/t29-,30+,32+,33-/m1/s1. The summed E-state index contributed by atoms with van der Waals surface area (Å²) < 4.78 is 5.70. The van der Waals surface area contributed by atoms with E-state index in [0.29, 0.717) is 48.9 Å². The largest absolute Gasteiger partial charge is 0.388 e. The number of nitrogens with zero attached hydrogens (tertiary/aromatic N) is 8. The minimum absolute atomic E-state index is 0.0687. The average molecular weight is 647 g/mol. The van der Waals surface area contributed by atoms with Crippen LogP contribution in [-0.4, -0.2) is 74.4 Å². The average Bonchev–Trinajstić information content (AvgIpc) is 3.93. The SMILES string of the molecule is CCc1cnn([C@H]2C[C@@H](n3cnc4c(NCC(c5ccccc5)c5ccccc5)nc(NCCc5cn(CC)cn5)nc43)[C@H](O)[C@@H]2O)c1. The highest BCUT2D eigenvalue weighted by Gasteiger charge is 2.44. The Labute approximate surface area is 279 Å². The number of anilines is 2. The van der Waals surface area contributed by atoms with Gasteiger partial charge in [-0.05, 0) is 36.5 Å². The van der Waals surface area contributed by atoms with Gasteiger partial charge in [0.25, 0.3) is 0 Å². The quantitative estimate of drug-likeness (QED) is 0.141. The van der Waals surface area contributed by atoms with E-state index in [4.69, 9.17) is 15.0 Å². The van der Waals surface area contributed by atoms with Crippen LogP contribution < -0.4 is 10.6 Å². The molecule has 0 amide bonds. The number of aliphatic hydroxyl groups excluding tert-OH is 2. The summed E-state index contributed by atoms with van der Waals surface area (Å²) in [5.41, 5.74) is 5.62. The molecule has 6 aromatic rings. The number of aryl methyl sites for hydroxylation is 2. The van der Waals surface area contributed by atoms with Crippen molar-refractivity contribution in [3.63, 3.8) is 0 Å². The van der Waals surface area contributed by atoms with Crippen LogP contribution in [0.2, 0.25) is 0 Å². The molecule has 4 heterocycles. The third kappa shape index (κ3) is 6.41. The highest BCUT2D eigenvalue weighted by molar-refractivity contribution is 5.84. The molecule has 0 unspecified atom stereocenters. The molecule has 0 spiro atoms. The summed E-state index contributed by atoms with van der Waals surface area (Å²) in [7, 11) is 0. The molecule has 7 rings (SSSR count). The highest BCUT2D eigenvalue weighted by atomic mass is 16.3.